The number of nitrogens with zero attached hydrogens (tertiary/aromatic N) is 3. The minimum absolute atomic E-state index is 0.0325. The summed E-state index contributed by atoms with van der Waals surface area (Å²) in [4.78, 5) is 30.5. The Morgan fingerprint density at radius 1 is 1.20 bits per heavy atom. The average molecular weight is 343 g/mol. The molecule has 3 rings (SSSR count). The van der Waals surface area contributed by atoms with Gasteiger partial charge in [0, 0.05) is 27.7 Å². The lowest BCUT2D eigenvalue weighted by molar-refractivity contribution is -0.140. The Labute approximate surface area is 150 Å². The first-order chi connectivity index (χ1) is 11.9. The lowest BCUT2D eigenvalue weighted by Gasteiger charge is -2.49. The first kappa shape index (κ1) is 17.9. The number of carbonyl (C=O) groups is 2. The maximum absolute atomic E-state index is 12.7. The zero-order chi connectivity index (χ0) is 18.0. The number of amides is 2. The first-order valence-corrected chi connectivity index (χ1v) is 9.13. The zero-order valence-corrected chi connectivity index (χ0v) is 15.6. The Balaban J connectivity index is 1.68. The summed E-state index contributed by atoms with van der Waals surface area (Å²) in [6, 6.07) is 10.2. The van der Waals surface area contributed by atoms with Gasteiger partial charge in [-0.1, -0.05) is 30.3 Å². The predicted octanol–water partition coefficient (Wildman–Crippen LogP) is 1.80. The van der Waals surface area contributed by atoms with Gasteiger partial charge in [0.25, 0.3) is 0 Å². The zero-order valence-electron chi connectivity index (χ0n) is 15.6. The minimum Gasteiger partial charge on any atom is -0.348 e. The van der Waals surface area contributed by atoms with Crippen LogP contribution in [0.3, 0.4) is 0 Å². The number of carbonyl (C=O) groups excluding carboxylic acids is 2. The van der Waals surface area contributed by atoms with Crippen LogP contribution in [0.4, 0.5) is 0 Å². The van der Waals surface area contributed by atoms with E-state index in [-0.39, 0.29) is 23.1 Å². The molecule has 1 atom stereocenters. The van der Waals surface area contributed by atoms with Crippen molar-refractivity contribution in [2.75, 3.05) is 47.3 Å². The van der Waals surface area contributed by atoms with Crippen LogP contribution >= 0.6 is 0 Å². The van der Waals surface area contributed by atoms with E-state index in [0.29, 0.717) is 6.54 Å². The topological polar surface area (TPSA) is 43.9 Å². The third-order valence-corrected chi connectivity index (χ3v) is 5.86. The Morgan fingerprint density at radius 3 is 2.44 bits per heavy atom. The van der Waals surface area contributed by atoms with E-state index in [1.165, 1.54) is 0 Å². The second-order valence-electron chi connectivity index (χ2n) is 7.93. The summed E-state index contributed by atoms with van der Waals surface area (Å²) in [6.45, 7) is 3.21. The number of likely N-dealkylation sites (N-methyl/N-ethyl adjacent to an activating group) is 2. The smallest absolute Gasteiger partial charge is 0.236 e. The molecule has 0 bridgehead atoms. The Hall–Kier alpha value is -1.88. The largest absolute Gasteiger partial charge is 0.348 e. The van der Waals surface area contributed by atoms with Gasteiger partial charge in [0.2, 0.25) is 11.8 Å². The summed E-state index contributed by atoms with van der Waals surface area (Å²) < 4.78 is 0. The maximum Gasteiger partial charge on any atom is 0.236 e. The van der Waals surface area contributed by atoms with E-state index in [0.717, 1.165) is 44.5 Å². The highest BCUT2D eigenvalue weighted by Crippen LogP contribution is 2.45. The van der Waals surface area contributed by atoms with Crippen molar-refractivity contribution in [2.45, 2.75) is 25.2 Å². The molecule has 2 amide bonds. The molecule has 2 aliphatic heterocycles. The summed E-state index contributed by atoms with van der Waals surface area (Å²) in [5, 5.41) is 0. The van der Waals surface area contributed by atoms with Gasteiger partial charge < -0.3 is 9.80 Å². The summed E-state index contributed by atoms with van der Waals surface area (Å²) in [6.07, 6.45) is 3.03. The second-order valence-corrected chi connectivity index (χ2v) is 7.93. The predicted molar refractivity (Wildman–Crippen MR) is 98.2 cm³/mol. The van der Waals surface area contributed by atoms with Crippen LogP contribution in [0.1, 0.15) is 30.7 Å². The molecule has 2 fully saturated rings. The molecule has 25 heavy (non-hydrogen) atoms. The monoisotopic (exact) mass is 343 g/mol. The van der Waals surface area contributed by atoms with Crippen molar-refractivity contribution in [1.82, 2.24) is 14.7 Å². The normalized spacial score (nSPS) is 23.7. The molecule has 0 radical (unpaired) electrons. The first-order valence-electron chi connectivity index (χ1n) is 9.13. The van der Waals surface area contributed by atoms with Gasteiger partial charge in [-0.15, -0.1) is 0 Å². The van der Waals surface area contributed by atoms with Crippen molar-refractivity contribution >= 4 is 11.8 Å². The molecule has 1 aromatic carbocycles. The van der Waals surface area contributed by atoms with Gasteiger partial charge in [0.05, 0.1) is 12.5 Å². The molecule has 0 aliphatic carbocycles. The van der Waals surface area contributed by atoms with Crippen LogP contribution in [-0.2, 0) is 9.59 Å². The van der Waals surface area contributed by atoms with E-state index in [4.69, 9.17) is 0 Å². The third-order valence-electron chi connectivity index (χ3n) is 5.86. The number of piperidine rings is 2. The molecule has 0 saturated carbocycles. The highest BCUT2D eigenvalue weighted by molar-refractivity contribution is 5.84. The number of hydrogen-bond acceptors (Lipinski definition) is 3. The second kappa shape index (κ2) is 7.16. The van der Waals surface area contributed by atoms with Gasteiger partial charge in [-0.05, 0) is 43.3 Å². The van der Waals surface area contributed by atoms with Crippen molar-refractivity contribution < 1.29 is 9.59 Å². The molecule has 2 aliphatic rings. The van der Waals surface area contributed by atoms with Crippen molar-refractivity contribution in [3.63, 3.8) is 0 Å². The van der Waals surface area contributed by atoms with E-state index >= 15 is 0 Å². The van der Waals surface area contributed by atoms with E-state index in [1.54, 1.807) is 19.0 Å². The molecule has 0 aromatic heterocycles. The van der Waals surface area contributed by atoms with Gasteiger partial charge in [-0.3, -0.25) is 14.5 Å². The number of likely N-dealkylation sites (tertiary alicyclic amines) is 2. The van der Waals surface area contributed by atoms with Crippen LogP contribution in [0.2, 0.25) is 0 Å². The average Bonchev–Trinajstić information content (AvgIpc) is 2.61. The number of hydrogen-bond donors (Lipinski definition) is 0. The van der Waals surface area contributed by atoms with Gasteiger partial charge >= 0.3 is 0 Å². The molecule has 5 heteroatoms. The Bertz CT molecular complexity index is 621. The van der Waals surface area contributed by atoms with Crippen molar-refractivity contribution in [2.24, 2.45) is 5.41 Å². The fraction of sp³-hybridized carbons (Fsp3) is 0.600. The molecule has 1 spiro atoms. The molecule has 1 aromatic rings. The van der Waals surface area contributed by atoms with Gasteiger partial charge in [-0.2, -0.15) is 0 Å². The molecule has 5 nitrogen and oxygen atoms in total. The number of rotatable bonds is 3. The summed E-state index contributed by atoms with van der Waals surface area (Å²) in [7, 11) is 5.54. The molecule has 0 N–H and O–H groups in total. The van der Waals surface area contributed by atoms with Crippen molar-refractivity contribution in [3.8, 4) is 0 Å². The molecule has 2 heterocycles. The Kier molecular flexibility index (Phi) is 5.13. The van der Waals surface area contributed by atoms with Gasteiger partial charge in [0.1, 0.15) is 0 Å². The number of benzene rings is 1. The molecular weight excluding hydrogens is 314 g/mol. The van der Waals surface area contributed by atoms with Crippen LogP contribution in [0.25, 0.3) is 0 Å². The highest BCUT2D eigenvalue weighted by atomic mass is 16.2. The van der Waals surface area contributed by atoms with Crippen LogP contribution < -0.4 is 0 Å². The third kappa shape index (κ3) is 3.87. The van der Waals surface area contributed by atoms with E-state index in [2.05, 4.69) is 17.0 Å². The fourth-order valence-electron chi connectivity index (χ4n) is 4.26. The highest BCUT2D eigenvalue weighted by Gasteiger charge is 2.45. The Morgan fingerprint density at radius 2 is 1.84 bits per heavy atom. The van der Waals surface area contributed by atoms with Crippen LogP contribution in [0, 0.1) is 5.41 Å². The molecular formula is C20H29N3O2. The maximum atomic E-state index is 12.7. The quantitative estimate of drug-likeness (QED) is 0.841. The fourth-order valence-corrected chi connectivity index (χ4v) is 4.26. The summed E-state index contributed by atoms with van der Waals surface area (Å²) in [5.74, 6) is 0.367. The standard InChI is InChI=1S/C20H29N3O2/c1-21(2)18(24)14-23-11-9-20(10-12-23)13-17(19(25)22(3)15-20)16-7-5-4-6-8-16/h4-8,17H,9-15H2,1-3H3/t17-/m1/s1. The van der Waals surface area contributed by atoms with Crippen molar-refractivity contribution in [1.29, 1.82) is 0 Å². The van der Waals surface area contributed by atoms with Crippen LogP contribution in [0.15, 0.2) is 30.3 Å². The lowest BCUT2D eigenvalue weighted by atomic mass is 9.68. The minimum atomic E-state index is -0.0325. The van der Waals surface area contributed by atoms with Crippen molar-refractivity contribution in [3.05, 3.63) is 35.9 Å². The van der Waals surface area contributed by atoms with Crippen LogP contribution in [0.5, 0.6) is 0 Å². The van der Waals surface area contributed by atoms with Gasteiger partial charge in [-0.25, -0.2) is 0 Å². The lowest BCUT2D eigenvalue weighted by Crippen LogP contribution is -2.53. The van der Waals surface area contributed by atoms with Crippen LogP contribution in [-0.4, -0.2) is 73.8 Å². The molecule has 136 valence electrons. The molecule has 2 saturated heterocycles. The van der Waals surface area contributed by atoms with E-state index < -0.39 is 0 Å². The van der Waals surface area contributed by atoms with Gasteiger partial charge in [0.15, 0.2) is 0 Å². The van der Waals surface area contributed by atoms with E-state index in [1.807, 2.05) is 30.1 Å². The molecule has 0 unspecified atom stereocenters. The summed E-state index contributed by atoms with van der Waals surface area (Å²) >= 11 is 0. The summed E-state index contributed by atoms with van der Waals surface area (Å²) in [5.41, 5.74) is 1.31. The SMILES string of the molecule is CN(C)C(=O)CN1CCC2(CC1)C[C@H](c1ccccc1)C(=O)N(C)C2. The van der Waals surface area contributed by atoms with E-state index in [9.17, 15) is 9.59 Å².